The molecule has 0 heterocycles. The lowest BCUT2D eigenvalue weighted by Crippen LogP contribution is -2.48. The molecule has 4 N–H and O–H groups in total. The Morgan fingerprint density at radius 3 is 1.26 bits per heavy atom. The summed E-state index contributed by atoms with van der Waals surface area (Å²) in [6.07, 6.45) is 43.7. The predicted octanol–water partition coefficient (Wildman–Crippen LogP) is 13.7. The Morgan fingerprint density at radius 1 is 0.515 bits per heavy atom. The van der Waals surface area contributed by atoms with Crippen LogP contribution in [0.15, 0.2) is 24.3 Å². The third kappa shape index (κ3) is 41.8. The van der Waals surface area contributed by atoms with Crippen LogP contribution in [0.2, 0.25) is 0 Å². The fourth-order valence-corrected chi connectivity index (χ4v) is 9.73. The van der Waals surface area contributed by atoms with Crippen LogP contribution in [0.1, 0.15) is 239 Å². The van der Waals surface area contributed by atoms with Gasteiger partial charge in [0.15, 0.2) is 0 Å². The fraction of sp³-hybridized carbons (Fsp3) is 0.881. The smallest absolute Gasteiger partial charge is 0.219 e. The first kappa shape index (κ1) is 64.1. The molecule has 0 spiro atoms. The first-order chi connectivity index (χ1) is 32.9. The van der Waals surface area contributed by atoms with Gasteiger partial charge >= 0.3 is 0 Å². The number of aliphatic hydroxyl groups excluding tert-OH is 2. The van der Waals surface area contributed by atoms with E-state index in [4.69, 9.17) is 9.47 Å². The SMILES string of the molecule is CCCCCCCCCCCCCCCCCC(=O)NCCC[N+](C)(C)CC(O)COc1cccc(OCC(O)C[N+](C)(C)CCCNC(C)CCCCCCCCCCCCCCCCC)c1. The van der Waals surface area contributed by atoms with Gasteiger partial charge in [-0.25, -0.2) is 0 Å². The van der Waals surface area contributed by atoms with Crippen molar-refractivity contribution in [3.8, 4) is 11.5 Å². The molecule has 0 saturated carbocycles. The maximum Gasteiger partial charge on any atom is 0.219 e. The molecular formula is C59H116N4O5+2. The van der Waals surface area contributed by atoms with Crippen molar-refractivity contribution in [2.75, 3.05) is 80.7 Å². The van der Waals surface area contributed by atoms with E-state index in [-0.39, 0.29) is 19.1 Å². The number of nitrogens with zero attached hydrogens (tertiary/aromatic N) is 2. The average molecular weight is 962 g/mol. The van der Waals surface area contributed by atoms with E-state index in [1.165, 1.54) is 186 Å². The first-order valence-electron chi connectivity index (χ1n) is 29.2. The summed E-state index contributed by atoms with van der Waals surface area (Å²) in [6.45, 7) is 12.0. The minimum absolute atomic E-state index is 0.158. The van der Waals surface area contributed by atoms with Crippen molar-refractivity contribution in [3.63, 3.8) is 0 Å². The molecule has 9 nitrogen and oxygen atoms in total. The molecule has 1 aromatic rings. The van der Waals surface area contributed by atoms with E-state index in [9.17, 15) is 15.0 Å². The van der Waals surface area contributed by atoms with Gasteiger partial charge in [0.2, 0.25) is 5.91 Å². The van der Waals surface area contributed by atoms with Gasteiger partial charge in [0, 0.05) is 44.5 Å². The Bertz CT molecular complexity index is 1260. The summed E-state index contributed by atoms with van der Waals surface area (Å²) < 4.78 is 13.4. The lowest BCUT2D eigenvalue weighted by Gasteiger charge is -2.32. The van der Waals surface area contributed by atoms with Crippen LogP contribution >= 0.6 is 0 Å². The van der Waals surface area contributed by atoms with Crippen LogP contribution in [0.3, 0.4) is 0 Å². The number of rotatable bonds is 51. The number of carbonyl (C=O) groups excluding carboxylic acids is 1. The molecule has 0 aliphatic carbocycles. The van der Waals surface area contributed by atoms with Crippen LogP contribution in [-0.4, -0.2) is 124 Å². The second-order valence-corrected chi connectivity index (χ2v) is 22.4. The number of unbranched alkanes of at least 4 members (excludes halogenated alkanes) is 28. The number of likely N-dealkylation sites (N-methyl/N-ethyl adjacent to an activating group) is 2. The molecule has 1 amide bonds. The van der Waals surface area contributed by atoms with Gasteiger partial charge in [-0.05, 0) is 31.9 Å². The third-order valence-electron chi connectivity index (χ3n) is 14.0. The summed E-state index contributed by atoms with van der Waals surface area (Å²) >= 11 is 0. The van der Waals surface area contributed by atoms with Crippen molar-refractivity contribution >= 4 is 5.91 Å². The predicted molar refractivity (Wildman–Crippen MR) is 292 cm³/mol. The number of carbonyl (C=O) groups is 1. The Hall–Kier alpha value is -1.91. The first-order valence-corrected chi connectivity index (χ1v) is 29.2. The standard InChI is InChI=1S/C59H115N4O5/c1-8-10-12-14-16-18-20-22-24-26-28-30-32-34-36-41-54(3)60-45-39-47-62(4,5)50-55(64)52-67-57-42-38-43-58(49-57)68-53-56(65)51-63(6,7)48-40-46-61-59(66)44-37-35-33-31-29-27-25-23-21-19-17-15-13-11-9-2/h38,42-43,49,54-56,60,64-65H,8-37,39-41,44-48,50-53H2,1-7H3/q+1/p+1. The largest absolute Gasteiger partial charge is 0.491 e. The molecule has 0 radical (unpaired) electrons. The second kappa shape index (κ2) is 43.8. The minimum Gasteiger partial charge on any atom is -0.491 e. The zero-order chi connectivity index (χ0) is 49.8. The second-order valence-electron chi connectivity index (χ2n) is 22.4. The summed E-state index contributed by atoms with van der Waals surface area (Å²) in [5.74, 6) is 1.44. The molecular weight excluding hydrogens is 845 g/mol. The molecule has 0 aromatic heterocycles. The van der Waals surface area contributed by atoms with Gasteiger partial charge in [-0.1, -0.05) is 206 Å². The fourth-order valence-electron chi connectivity index (χ4n) is 9.73. The lowest BCUT2D eigenvalue weighted by molar-refractivity contribution is -0.893. The molecule has 0 aliphatic heterocycles. The zero-order valence-electron chi connectivity index (χ0n) is 46.3. The highest BCUT2D eigenvalue weighted by Gasteiger charge is 2.23. The number of hydrogen-bond acceptors (Lipinski definition) is 6. The van der Waals surface area contributed by atoms with E-state index in [1.54, 1.807) is 0 Å². The van der Waals surface area contributed by atoms with Crippen LogP contribution < -0.4 is 20.1 Å². The highest BCUT2D eigenvalue weighted by Crippen LogP contribution is 2.21. The zero-order valence-corrected chi connectivity index (χ0v) is 46.3. The molecule has 1 rings (SSSR count). The van der Waals surface area contributed by atoms with E-state index < -0.39 is 12.2 Å². The Morgan fingerprint density at radius 2 is 0.868 bits per heavy atom. The van der Waals surface area contributed by atoms with Crippen molar-refractivity contribution in [1.29, 1.82) is 0 Å². The summed E-state index contributed by atoms with van der Waals surface area (Å²) in [7, 11) is 8.59. The molecule has 0 fully saturated rings. The lowest BCUT2D eigenvalue weighted by atomic mass is 10.0. The van der Waals surface area contributed by atoms with E-state index in [2.05, 4.69) is 59.6 Å². The molecule has 3 unspecified atom stereocenters. The van der Waals surface area contributed by atoms with Gasteiger partial charge in [-0.15, -0.1) is 0 Å². The van der Waals surface area contributed by atoms with Crippen molar-refractivity contribution in [1.82, 2.24) is 10.6 Å². The molecule has 0 bridgehead atoms. The quantitative estimate of drug-likeness (QED) is 0.0383. The van der Waals surface area contributed by atoms with E-state index in [0.717, 1.165) is 49.8 Å². The van der Waals surface area contributed by atoms with Crippen molar-refractivity contribution in [3.05, 3.63) is 24.3 Å². The summed E-state index contributed by atoms with van der Waals surface area (Å²) in [6, 6.07) is 8.00. The van der Waals surface area contributed by atoms with Gasteiger partial charge in [0.1, 0.15) is 50.0 Å². The van der Waals surface area contributed by atoms with Gasteiger partial charge in [0.05, 0.1) is 41.3 Å². The Labute approximate surface area is 422 Å². The Balaban J connectivity index is 2.09. The normalized spacial score (nSPS) is 13.4. The number of aliphatic hydroxyl groups is 2. The van der Waals surface area contributed by atoms with Gasteiger partial charge in [-0.2, -0.15) is 0 Å². The molecule has 3 atom stereocenters. The van der Waals surface area contributed by atoms with Crippen molar-refractivity contribution < 1.29 is 33.4 Å². The molecule has 68 heavy (non-hydrogen) atoms. The van der Waals surface area contributed by atoms with Crippen molar-refractivity contribution in [2.45, 2.75) is 257 Å². The highest BCUT2D eigenvalue weighted by atomic mass is 16.5. The number of benzene rings is 1. The van der Waals surface area contributed by atoms with E-state index in [0.29, 0.717) is 48.1 Å². The summed E-state index contributed by atoms with van der Waals surface area (Å²) in [4.78, 5) is 12.4. The van der Waals surface area contributed by atoms with E-state index >= 15 is 0 Å². The summed E-state index contributed by atoms with van der Waals surface area (Å²) in [5, 5.41) is 28.6. The number of amides is 1. The third-order valence-corrected chi connectivity index (χ3v) is 14.0. The molecule has 400 valence electrons. The number of ether oxygens (including phenoxy) is 2. The van der Waals surface area contributed by atoms with Gasteiger partial charge in [-0.3, -0.25) is 4.79 Å². The van der Waals surface area contributed by atoms with E-state index in [1.807, 2.05) is 24.3 Å². The molecule has 0 saturated heterocycles. The topological polar surface area (TPSA) is 100 Å². The molecule has 1 aromatic carbocycles. The van der Waals surface area contributed by atoms with Crippen LogP contribution in [0.4, 0.5) is 0 Å². The average Bonchev–Trinajstić information content (AvgIpc) is 3.30. The molecule has 0 aliphatic rings. The van der Waals surface area contributed by atoms with Gasteiger partial charge < -0.3 is 39.3 Å². The molecule has 9 heteroatoms. The summed E-state index contributed by atoms with van der Waals surface area (Å²) in [5.41, 5.74) is 0. The minimum atomic E-state index is -0.631. The van der Waals surface area contributed by atoms with Gasteiger partial charge in [0.25, 0.3) is 0 Å². The maximum absolute atomic E-state index is 12.4. The maximum atomic E-state index is 12.4. The van der Waals surface area contributed by atoms with Crippen LogP contribution in [0.5, 0.6) is 11.5 Å². The number of hydrogen-bond donors (Lipinski definition) is 4. The van der Waals surface area contributed by atoms with Crippen LogP contribution in [0, 0.1) is 0 Å². The van der Waals surface area contributed by atoms with Crippen LogP contribution in [0.25, 0.3) is 0 Å². The Kier molecular flexibility index (Phi) is 41.3. The highest BCUT2D eigenvalue weighted by molar-refractivity contribution is 5.75. The number of quaternary nitrogens is 2. The van der Waals surface area contributed by atoms with Crippen LogP contribution in [-0.2, 0) is 4.79 Å². The number of nitrogens with one attached hydrogen (secondary N) is 2. The monoisotopic (exact) mass is 961 g/mol. The van der Waals surface area contributed by atoms with Crippen molar-refractivity contribution in [2.24, 2.45) is 0 Å².